The number of hydrogen-bond donors (Lipinski definition) is 1. The maximum atomic E-state index is 13.6. The van der Waals surface area contributed by atoms with E-state index in [2.05, 4.69) is 18.9 Å². The Hall–Kier alpha value is -1.75. The fourth-order valence-corrected chi connectivity index (χ4v) is 9.36. The molecular weight excluding hydrogens is 427 g/mol. The molecule has 4 fully saturated rings. The number of halogens is 1. The van der Waals surface area contributed by atoms with Crippen LogP contribution in [-0.2, 0) is 11.3 Å². The number of aliphatic hydroxyl groups is 1. The summed E-state index contributed by atoms with van der Waals surface area (Å²) in [7, 11) is 0. The van der Waals surface area contributed by atoms with Gasteiger partial charge in [0.15, 0.2) is 5.78 Å². The van der Waals surface area contributed by atoms with Crippen LogP contribution in [0.4, 0.5) is 4.39 Å². The number of ketones is 1. The highest BCUT2D eigenvalue weighted by molar-refractivity contribution is 5.83. The van der Waals surface area contributed by atoms with Crippen molar-refractivity contribution >= 4 is 16.7 Å². The summed E-state index contributed by atoms with van der Waals surface area (Å²) >= 11 is 0. The van der Waals surface area contributed by atoms with Crippen molar-refractivity contribution in [3.05, 3.63) is 30.2 Å². The van der Waals surface area contributed by atoms with E-state index < -0.39 is 5.60 Å². The molecule has 1 unspecified atom stereocenters. The molecule has 1 N–H and O–H groups in total. The first-order valence-corrected chi connectivity index (χ1v) is 13.5. The molecule has 4 aliphatic rings. The van der Waals surface area contributed by atoms with Gasteiger partial charge in [-0.3, -0.25) is 9.48 Å². The largest absolute Gasteiger partial charge is 0.390 e. The first-order chi connectivity index (χ1) is 16.1. The fourth-order valence-electron chi connectivity index (χ4n) is 9.36. The first kappa shape index (κ1) is 22.7. The van der Waals surface area contributed by atoms with E-state index in [1.165, 1.54) is 37.8 Å². The van der Waals surface area contributed by atoms with E-state index in [0.29, 0.717) is 23.0 Å². The highest BCUT2D eigenvalue weighted by atomic mass is 19.1. The van der Waals surface area contributed by atoms with Crippen LogP contribution in [0.2, 0.25) is 0 Å². The smallest absolute Gasteiger partial charge is 0.157 e. The molecule has 0 radical (unpaired) electrons. The van der Waals surface area contributed by atoms with Gasteiger partial charge in [0.2, 0.25) is 0 Å². The van der Waals surface area contributed by atoms with E-state index in [9.17, 15) is 14.3 Å². The number of carbonyl (C=O) groups is 1. The summed E-state index contributed by atoms with van der Waals surface area (Å²) in [5, 5.41) is 16.0. The Balaban J connectivity index is 1.20. The molecule has 0 spiro atoms. The fraction of sp³-hybridized carbons (Fsp3) is 0.724. The number of carbonyl (C=O) groups excluding carboxylic acids is 1. The Kier molecular flexibility index (Phi) is 5.09. The maximum absolute atomic E-state index is 13.6. The van der Waals surface area contributed by atoms with Gasteiger partial charge in [-0.25, -0.2) is 4.39 Å². The molecule has 0 aliphatic heterocycles. The second-order valence-electron chi connectivity index (χ2n) is 13.0. The lowest BCUT2D eigenvalue weighted by Crippen LogP contribution is -2.55. The van der Waals surface area contributed by atoms with Crippen molar-refractivity contribution in [2.24, 2.45) is 40.4 Å². The number of Topliss-reactive ketones (excluding diaryl/α,β-unsaturated/α-hetero) is 1. The zero-order valence-corrected chi connectivity index (χ0v) is 20.9. The zero-order valence-electron chi connectivity index (χ0n) is 20.9. The predicted octanol–water partition coefficient (Wildman–Crippen LogP) is 6.15. The zero-order chi connectivity index (χ0) is 23.9. The molecule has 0 saturated heterocycles. The predicted molar refractivity (Wildman–Crippen MR) is 131 cm³/mol. The van der Waals surface area contributed by atoms with Crippen LogP contribution in [-0.4, -0.2) is 26.3 Å². The second-order valence-corrected chi connectivity index (χ2v) is 13.0. The second kappa shape index (κ2) is 7.62. The van der Waals surface area contributed by atoms with E-state index in [1.807, 2.05) is 13.1 Å². The minimum Gasteiger partial charge on any atom is -0.390 e. The van der Waals surface area contributed by atoms with Crippen LogP contribution in [0.1, 0.15) is 78.6 Å². The Morgan fingerprint density at radius 1 is 1.06 bits per heavy atom. The third-order valence-electron chi connectivity index (χ3n) is 11.2. The normalized spacial score (nSPS) is 43.9. The average Bonchev–Trinajstić information content (AvgIpc) is 3.33. The summed E-state index contributed by atoms with van der Waals surface area (Å²) in [5.41, 5.74) is 0.676. The Morgan fingerprint density at radius 3 is 2.68 bits per heavy atom. The number of fused-ring (bicyclic) bond motifs is 6. The van der Waals surface area contributed by atoms with Crippen molar-refractivity contribution in [2.75, 3.05) is 0 Å². The molecule has 184 valence electrons. The number of hydrogen-bond acceptors (Lipinski definition) is 3. The minimum absolute atomic E-state index is 0.0836. The third kappa shape index (κ3) is 3.40. The molecule has 1 aromatic heterocycles. The number of aromatic nitrogens is 2. The first-order valence-electron chi connectivity index (χ1n) is 13.5. The van der Waals surface area contributed by atoms with Gasteiger partial charge in [-0.2, -0.15) is 5.10 Å². The lowest BCUT2D eigenvalue weighted by molar-refractivity contribution is -0.151. The lowest BCUT2D eigenvalue weighted by Gasteiger charge is -2.61. The average molecular weight is 467 g/mol. The number of benzene rings is 1. The van der Waals surface area contributed by atoms with Gasteiger partial charge in [-0.1, -0.05) is 13.8 Å². The van der Waals surface area contributed by atoms with Crippen molar-refractivity contribution in [2.45, 2.75) is 90.7 Å². The molecule has 4 aliphatic carbocycles. The Bertz CT molecular complexity index is 1120. The van der Waals surface area contributed by atoms with E-state index in [1.54, 1.807) is 10.7 Å². The van der Waals surface area contributed by atoms with E-state index >= 15 is 0 Å². The number of nitrogens with zero attached hydrogens (tertiary/aromatic N) is 2. The molecule has 5 heteroatoms. The summed E-state index contributed by atoms with van der Waals surface area (Å²) < 4.78 is 15.3. The molecule has 8 atom stereocenters. The van der Waals surface area contributed by atoms with Crippen molar-refractivity contribution in [3.63, 3.8) is 0 Å². The van der Waals surface area contributed by atoms with Gasteiger partial charge in [0.25, 0.3) is 0 Å². The summed E-state index contributed by atoms with van der Waals surface area (Å²) in [6.07, 6.45) is 11.8. The van der Waals surface area contributed by atoms with Crippen LogP contribution in [0.15, 0.2) is 24.4 Å². The summed E-state index contributed by atoms with van der Waals surface area (Å²) in [5.74, 6) is 2.85. The van der Waals surface area contributed by atoms with Crippen LogP contribution in [0, 0.1) is 46.2 Å². The SMILES string of the molecule is C[C@@]1(O)CC[C@@]2(C)[C@@H](CCC3[C@@H]2CC[C@]2(C)[C@@H](C(=O)Cn4cc5cc(F)ccc5n4)CC[C@@H]32)C1. The summed E-state index contributed by atoms with van der Waals surface area (Å²) in [6.45, 7) is 7.24. The molecule has 1 heterocycles. The van der Waals surface area contributed by atoms with E-state index in [0.717, 1.165) is 54.8 Å². The van der Waals surface area contributed by atoms with E-state index in [4.69, 9.17) is 0 Å². The van der Waals surface area contributed by atoms with Crippen molar-refractivity contribution < 1.29 is 14.3 Å². The van der Waals surface area contributed by atoms with Crippen molar-refractivity contribution in [3.8, 4) is 0 Å². The van der Waals surface area contributed by atoms with Crippen LogP contribution in [0.5, 0.6) is 0 Å². The van der Waals surface area contributed by atoms with Gasteiger partial charge < -0.3 is 5.11 Å². The number of rotatable bonds is 3. The van der Waals surface area contributed by atoms with Gasteiger partial charge in [0, 0.05) is 17.5 Å². The standard InChI is InChI=1S/C29H39FN2O2/c1-27(34)12-13-28(2)19(15-27)4-6-21-22-7-8-24(29(22,3)11-10-23(21)28)26(33)17-32-16-18-14-20(30)5-9-25(18)31-32/h5,9,14,16,19,21-24,34H,4,6-8,10-13,15,17H2,1-3H3/t19-,21?,22-,23-,24+,27+,28-,29-/m0/s1. The van der Waals surface area contributed by atoms with Crippen molar-refractivity contribution in [1.29, 1.82) is 0 Å². The van der Waals surface area contributed by atoms with Crippen LogP contribution in [0.3, 0.4) is 0 Å². The molecule has 1 aromatic carbocycles. The monoisotopic (exact) mass is 466 g/mol. The Labute approximate surface area is 202 Å². The maximum Gasteiger partial charge on any atom is 0.157 e. The quantitative estimate of drug-likeness (QED) is 0.590. The molecule has 2 aromatic rings. The summed E-state index contributed by atoms with van der Waals surface area (Å²) in [4.78, 5) is 13.6. The van der Waals surface area contributed by atoms with Gasteiger partial charge >= 0.3 is 0 Å². The van der Waals surface area contributed by atoms with Crippen molar-refractivity contribution in [1.82, 2.24) is 9.78 Å². The van der Waals surface area contributed by atoms with Gasteiger partial charge in [0.1, 0.15) is 5.82 Å². The minimum atomic E-state index is -0.492. The highest BCUT2D eigenvalue weighted by Crippen LogP contribution is 2.68. The molecule has 0 amide bonds. The molecule has 6 rings (SSSR count). The molecule has 34 heavy (non-hydrogen) atoms. The summed E-state index contributed by atoms with van der Waals surface area (Å²) in [6, 6.07) is 4.59. The molecular formula is C29H39FN2O2. The lowest BCUT2D eigenvalue weighted by atomic mass is 9.44. The molecule has 4 nitrogen and oxygen atoms in total. The van der Waals surface area contributed by atoms with Gasteiger partial charge in [0.05, 0.1) is 17.7 Å². The third-order valence-corrected chi connectivity index (χ3v) is 11.2. The highest BCUT2D eigenvalue weighted by Gasteiger charge is 2.61. The topological polar surface area (TPSA) is 55.1 Å². The van der Waals surface area contributed by atoms with Gasteiger partial charge in [-0.15, -0.1) is 0 Å². The van der Waals surface area contributed by atoms with Crippen LogP contribution >= 0.6 is 0 Å². The van der Waals surface area contributed by atoms with Gasteiger partial charge in [-0.05, 0) is 117 Å². The van der Waals surface area contributed by atoms with Crippen LogP contribution < -0.4 is 0 Å². The van der Waals surface area contributed by atoms with Crippen LogP contribution in [0.25, 0.3) is 10.9 Å². The molecule has 0 bridgehead atoms. The molecule has 4 saturated carbocycles. The Morgan fingerprint density at radius 2 is 1.85 bits per heavy atom. The van der Waals surface area contributed by atoms with E-state index in [-0.39, 0.29) is 23.7 Å².